The van der Waals surface area contributed by atoms with Gasteiger partial charge in [-0.25, -0.2) is 9.97 Å². The average Bonchev–Trinajstić information content (AvgIpc) is 3.02. The van der Waals surface area contributed by atoms with E-state index in [9.17, 15) is 0 Å². The van der Waals surface area contributed by atoms with E-state index in [1.807, 2.05) is 6.07 Å². The van der Waals surface area contributed by atoms with Crippen molar-refractivity contribution in [2.75, 3.05) is 18.8 Å². The van der Waals surface area contributed by atoms with Crippen LogP contribution in [0.1, 0.15) is 24.4 Å². The second-order valence-corrected chi connectivity index (χ2v) is 6.21. The lowest BCUT2D eigenvalue weighted by atomic mass is 10.0. The minimum Gasteiger partial charge on any atom is -0.383 e. The molecule has 2 aromatic heterocycles. The van der Waals surface area contributed by atoms with Crippen molar-refractivity contribution in [1.82, 2.24) is 19.4 Å². The molecule has 0 unspecified atom stereocenters. The summed E-state index contributed by atoms with van der Waals surface area (Å²) in [6.07, 6.45) is 5.94. The van der Waals surface area contributed by atoms with Gasteiger partial charge in [0.25, 0.3) is 0 Å². The molecule has 0 spiro atoms. The van der Waals surface area contributed by atoms with Gasteiger partial charge in [-0.2, -0.15) is 0 Å². The molecule has 0 aliphatic carbocycles. The third kappa shape index (κ3) is 2.80. The number of piperidine rings is 1. The van der Waals surface area contributed by atoms with Gasteiger partial charge in [0.15, 0.2) is 0 Å². The second kappa shape index (κ2) is 6.01. The lowest BCUT2D eigenvalue weighted by molar-refractivity contribution is 0.181. The molecule has 1 aliphatic heterocycles. The van der Waals surface area contributed by atoms with Crippen LogP contribution in [0.25, 0.3) is 11.0 Å². The van der Waals surface area contributed by atoms with Crippen molar-refractivity contribution < 1.29 is 0 Å². The first-order chi connectivity index (χ1) is 11.3. The Morgan fingerprint density at radius 3 is 2.61 bits per heavy atom. The Morgan fingerprint density at radius 2 is 1.83 bits per heavy atom. The summed E-state index contributed by atoms with van der Waals surface area (Å²) in [5.41, 5.74) is 8.28. The van der Waals surface area contributed by atoms with E-state index in [0.29, 0.717) is 11.9 Å². The third-order valence-electron chi connectivity index (χ3n) is 4.74. The summed E-state index contributed by atoms with van der Waals surface area (Å²) < 4.78 is 2.27. The van der Waals surface area contributed by atoms with E-state index in [4.69, 9.17) is 5.73 Å². The van der Waals surface area contributed by atoms with Gasteiger partial charge < -0.3 is 10.3 Å². The van der Waals surface area contributed by atoms with Crippen LogP contribution in [0.5, 0.6) is 0 Å². The Morgan fingerprint density at radius 1 is 1.04 bits per heavy atom. The van der Waals surface area contributed by atoms with Crippen molar-refractivity contribution in [1.29, 1.82) is 0 Å². The Balaban J connectivity index is 1.46. The summed E-state index contributed by atoms with van der Waals surface area (Å²) in [5.74, 6) is 0.565. The molecule has 0 radical (unpaired) electrons. The van der Waals surface area contributed by atoms with Crippen LogP contribution in [-0.4, -0.2) is 32.5 Å². The van der Waals surface area contributed by atoms with Crippen molar-refractivity contribution in [3.05, 3.63) is 54.5 Å². The standard InChI is InChI=1S/C18H21N5/c19-17-16-8-11-23(18(16)21-13-20-17)15-6-9-22(10-7-15)12-14-4-2-1-3-5-14/h1-5,8,11,13,15H,6-7,9-10,12H2,(H2,19,20,21). The number of benzene rings is 1. The number of hydrogen-bond donors (Lipinski definition) is 1. The molecule has 1 saturated heterocycles. The quantitative estimate of drug-likeness (QED) is 0.808. The Kier molecular flexibility index (Phi) is 3.71. The fourth-order valence-corrected chi connectivity index (χ4v) is 3.48. The van der Waals surface area contributed by atoms with Gasteiger partial charge in [0.2, 0.25) is 0 Å². The number of aromatic nitrogens is 3. The number of likely N-dealkylation sites (tertiary alicyclic amines) is 1. The lowest BCUT2D eigenvalue weighted by Crippen LogP contribution is -2.34. The highest BCUT2D eigenvalue weighted by Gasteiger charge is 2.22. The summed E-state index contributed by atoms with van der Waals surface area (Å²) in [7, 11) is 0. The number of anilines is 1. The Bertz CT molecular complexity index is 788. The van der Waals surface area contributed by atoms with E-state index >= 15 is 0 Å². The minimum atomic E-state index is 0.494. The van der Waals surface area contributed by atoms with Crippen LogP contribution in [0, 0.1) is 0 Å². The van der Waals surface area contributed by atoms with E-state index in [0.717, 1.165) is 43.5 Å². The molecular formula is C18H21N5. The molecule has 3 aromatic rings. The fraction of sp³-hybridized carbons (Fsp3) is 0.333. The molecule has 1 aliphatic rings. The van der Waals surface area contributed by atoms with E-state index in [-0.39, 0.29) is 0 Å². The maximum atomic E-state index is 5.93. The molecule has 23 heavy (non-hydrogen) atoms. The number of hydrogen-bond acceptors (Lipinski definition) is 4. The summed E-state index contributed by atoms with van der Waals surface area (Å²) in [4.78, 5) is 11.0. The molecule has 2 N–H and O–H groups in total. The minimum absolute atomic E-state index is 0.494. The average molecular weight is 307 g/mol. The molecule has 0 bridgehead atoms. The lowest BCUT2D eigenvalue weighted by Gasteiger charge is -2.33. The zero-order chi connectivity index (χ0) is 15.6. The van der Waals surface area contributed by atoms with Crippen LogP contribution in [0.3, 0.4) is 0 Å². The molecule has 0 amide bonds. The van der Waals surface area contributed by atoms with E-state index < -0.39 is 0 Å². The second-order valence-electron chi connectivity index (χ2n) is 6.21. The normalized spacial score (nSPS) is 16.9. The molecule has 5 nitrogen and oxygen atoms in total. The van der Waals surface area contributed by atoms with Crippen LogP contribution >= 0.6 is 0 Å². The summed E-state index contributed by atoms with van der Waals surface area (Å²) in [6, 6.07) is 13.2. The summed E-state index contributed by atoms with van der Waals surface area (Å²) in [5, 5.41) is 0.958. The number of nitrogen functional groups attached to an aromatic ring is 1. The van der Waals surface area contributed by atoms with Crippen LogP contribution in [0.15, 0.2) is 48.9 Å². The molecule has 5 heteroatoms. The summed E-state index contributed by atoms with van der Waals surface area (Å²) >= 11 is 0. The van der Waals surface area contributed by atoms with Crippen LogP contribution < -0.4 is 5.73 Å². The first kappa shape index (κ1) is 14.2. The van der Waals surface area contributed by atoms with Gasteiger partial charge in [-0.15, -0.1) is 0 Å². The van der Waals surface area contributed by atoms with Crippen LogP contribution in [0.2, 0.25) is 0 Å². The topological polar surface area (TPSA) is 60.0 Å². The number of rotatable bonds is 3. The highest BCUT2D eigenvalue weighted by atomic mass is 15.2. The first-order valence-corrected chi connectivity index (χ1v) is 8.14. The van der Waals surface area contributed by atoms with Crippen molar-refractivity contribution >= 4 is 16.9 Å². The van der Waals surface area contributed by atoms with Gasteiger partial charge in [0.1, 0.15) is 17.8 Å². The molecule has 4 rings (SSSR count). The molecule has 0 saturated carbocycles. The van der Waals surface area contributed by atoms with Crippen molar-refractivity contribution in [2.45, 2.75) is 25.4 Å². The van der Waals surface area contributed by atoms with Gasteiger partial charge in [-0.3, -0.25) is 4.90 Å². The first-order valence-electron chi connectivity index (χ1n) is 8.14. The number of nitrogens with two attached hydrogens (primary N) is 1. The Hall–Kier alpha value is -2.40. The van der Waals surface area contributed by atoms with Gasteiger partial charge in [0.05, 0.1) is 5.39 Å². The molecular weight excluding hydrogens is 286 g/mol. The van der Waals surface area contributed by atoms with Crippen molar-refractivity contribution in [2.24, 2.45) is 0 Å². The van der Waals surface area contributed by atoms with Crippen molar-refractivity contribution in [3.8, 4) is 0 Å². The van der Waals surface area contributed by atoms with Crippen LogP contribution in [-0.2, 0) is 6.54 Å². The van der Waals surface area contributed by atoms with E-state index in [1.54, 1.807) is 6.33 Å². The molecule has 0 atom stereocenters. The maximum absolute atomic E-state index is 5.93. The van der Waals surface area contributed by atoms with E-state index in [1.165, 1.54) is 5.56 Å². The number of nitrogens with zero attached hydrogens (tertiary/aromatic N) is 4. The highest BCUT2D eigenvalue weighted by molar-refractivity contribution is 5.86. The maximum Gasteiger partial charge on any atom is 0.145 e. The Labute approximate surface area is 135 Å². The van der Waals surface area contributed by atoms with E-state index in [2.05, 4.69) is 56.0 Å². The monoisotopic (exact) mass is 307 g/mol. The molecule has 3 heterocycles. The van der Waals surface area contributed by atoms with Gasteiger partial charge in [-0.05, 0) is 24.5 Å². The van der Waals surface area contributed by atoms with Gasteiger partial charge in [-0.1, -0.05) is 30.3 Å². The molecule has 118 valence electrons. The fourth-order valence-electron chi connectivity index (χ4n) is 3.48. The zero-order valence-electron chi connectivity index (χ0n) is 13.1. The third-order valence-corrected chi connectivity index (χ3v) is 4.74. The van der Waals surface area contributed by atoms with Crippen molar-refractivity contribution in [3.63, 3.8) is 0 Å². The molecule has 1 fully saturated rings. The smallest absolute Gasteiger partial charge is 0.145 e. The zero-order valence-corrected chi connectivity index (χ0v) is 13.1. The predicted molar refractivity (Wildman–Crippen MR) is 91.9 cm³/mol. The highest BCUT2D eigenvalue weighted by Crippen LogP contribution is 2.28. The number of fused-ring (bicyclic) bond motifs is 1. The molecule has 1 aromatic carbocycles. The predicted octanol–water partition coefficient (Wildman–Crippen LogP) is 2.85. The summed E-state index contributed by atoms with van der Waals surface area (Å²) in [6.45, 7) is 3.26. The van der Waals surface area contributed by atoms with Crippen LogP contribution in [0.4, 0.5) is 5.82 Å². The largest absolute Gasteiger partial charge is 0.383 e. The van der Waals surface area contributed by atoms with Gasteiger partial charge in [0, 0.05) is 31.9 Å². The SMILES string of the molecule is Nc1ncnc2c1ccn2C1CCN(Cc2ccccc2)CC1. The van der Waals surface area contributed by atoms with Gasteiger partial charge >= 0.3 is 0 Å².